The van der Waals surface area contributed by atoms with E-state index in [1.807, 2.05) is 0 Å². The molecule has 0 aliphatic heterocycles. The van der Waals surface area contributed by atoms with Crippen LogP contribution >= 0.6 is 11.8 Å². The van der Waals surface area contributed by atoms with Crippen molar-refractivity contribution < 1.29 is 10.0 Å². The maximum Gasteiger partial charge on any atom is 0.322 e. The van der Waals surface area contributed by atoms with Gasteiger partial charge in [0, 0.05) is 5.25 Å². The number of nitrogens with zero attached hydrogens (tertiary/aromatic N) is 3. The van der Waals surface area contributed by atoms with Crippen LogP contribution in [0.5, 0.6) is 0 Å². The number of aryl methyl sites for hydroxylation is 1. The topological polar surface area (TPSA) is 115 Å². The van der Waals surface area contributed by atoms with E-state index < -0.39 is 11.0 Å². The third kappa shape index (κ3) is 3.27. The lowest BCUT2D eigenvalue weighted by atomic mass is 10.3. The van der Waals surface area contributed by atoms with E-state index in [-0.39, 0.29) is 27.6 Å². The van der Waals surface area contributed by atoms with Gasteiger partial charge in [-0.1, -0.05) is 18.7 Å². The van der Waals surface area contributed by atoms with Crippen molar-refractivity contribution >= 4 is 23.4 Å². The average molecular weight is 258 g/mol. The number of aliphatic hydroxyl groups excluding tert-OH is 1. The summed E-state index contributed by atoms with van der Waals surface area (Å²) < 4.78 is 0. The Morgan fingerprint density at radius 2 is 2.06 bits per heavy atom. The van der Waals surface area contributed by atoms with Gasteiger partial charge in [0.25, 0.3) is 0 Å². The Bertz CT molecular complexity index is 438. The van der Waals surface area contributed by atoms with Crippen LogP contribution < -0.4 is 5.73 Å². The molecule has 0 aliphatic rings. The van der Waals surface area contributed by atoms with Crippen molar-refractivity contribution in [3.63, 3.8) is 0 Å². The minimum atomic E-state index is -0.601. The maximum absolute atomic E-state index is 10.9. The van der Waals surface area contributed by atoms with Crippen molar-refractivity contribution in [1.82, 2.24) is 9.97 Å². The van der Waals surface area contributed by atoms with Crippen LogP contribution in [0.15, 0.2) is 5.03 Å². The molecule has 1 rings (SSSR count). The molecule has 1 aromatic heterocycles. The fourth-order valence-corrected chi connectivity index (χ4v) is 2.16. The molecular formula is C9H14N4O3S. The molecule has 94 valence electrons. The molecule has 0 spiro atoms. The van der Waals surface area contributed by atoms with Crippen LogP contribution in [0.1, 0.15) is 19.5 Å². The van der Waals surface area contributed by atoms with E-state index in [0.29, 0.717) is 0 Å². The van der Waals surface area contributed by atoms with Gasteiger partial charge in [-0.15, -0.1) is 0 Å². The molecule has 0 radical (unpaired) electrons. The molecule has 7 nitrogen and oxygen atoms in total. The summed E-state index contributed by atoms with van der Waals surface area (Å²) in [7, 11) is 0. The van der Waals surface area contributed by atoms with Crippen molar-refractivity contribution in [3.8, 4) is 0 Å². The SMILES string of the molecule is Cc1nc(N)nc(SC(C)C(C)O)c1[N+](=O)[O-]. The van der Waals surface area contributed by atoms with Crippen molar-refractivity contribution in [2.24, 2.45) is 0 Å². The zero-order valence-electron chi connectivity index (χ0n) is 9.75. The van der Waals surface area contributed by atoms with E-state index >= 15 is 0 Å². The first kappa shape index (κ1) is 13.7. The molecule has 0 aliphatic carbocycles. The third-order valence-electron chi connectivity index (χ3n) is 2.20. The number of hydrogen-bond acceptors (Lipinski definition) is 7. The molecule has 17 heavy (non-hydrogen) atoms. The van der Waals surface area contributed by atoms with Gasteiger partial charge in [0.1, 0.15) is 5.69 Å². The molecule has 8 heteroatoms. The number of aromatic nitrogens is 2. The minimum Gasteiger partial charge on any atom is -0.392 e. The van der Waals surface area contributed by atoms with Gasteiger partial charge in [-0.3, -0.25) is 10.1 Å². The normalized spacial score (nSPS) is 14.4. The zero-order valence-corrected chi connectivity index (χ0v) is 10.6. The van der Waals surface area contributed by atoms with Gasteiger partial charge in [0.2, 0.25) is 5.95 Å². The summed E-state index contributed by atoms with van der Waals surface area (Å²) in [5, 5.41) is 20.3. The Morgan fingerprint density at radius 1 is 1.47 bits per heavy atom. The van der Waals surface area contributed by atoms with Gasteiger partial charge in [0.05, 0.1) is 11.0 Å². The Balaban J connectivity index is 3.17. The van der Waals surface area contributed by atoms with Gasteiger partial charge in [-0.2, -0.15) is 4.98 Å². The summed E-state index contributed by atoms with van der Waals surface area (Å²) >= 11 is 1.11. The van der Waals surface area contributed by atoms with Crippen molar-refractivity contribution in [1.29, 1.82) is 0 Å². The second kappa shape index (κ2) is 5.28. The first-order valence-electron chi connectivity index (χ1n) is 4.96. The van der Waals surface area contributed by atoms with E-state index in [2.05, 4.69) is 9.97 Å². The van der Waals surface area contributed by atoms with E-state index in [0.717, 1.165) is 11.8 Å². The summed E-state index contributed by atoms with van der Waals surface area (Å²) in [6, 6.07) is 0. The molecule has 0 saturated heterocycles. The summed E-state index contributed by atoms with van der Waals surface area (Å²) in [4.78, 5) is 18.0. The van der Waals surface area contributed by atoms with E-state index in [1.54, 1.807) is 13.8 Å². The van der Waals surface area contributed by atoms with Crippen LogP contribution in [-0.2, 0) is 0 Å². The second-order valence-electron chi connectivity index (χ2n) is 3.64. The smallest absolute Gasteiger partial charge is 0.322 e. The number of thioether (sulfide) groups is 1. The van der Waals surface area contributed by atoms with Gasteiger partial charge in [-0.25, -0.2) is 4.98 Å². The van der Waals surface area contributed by atoms with Gasteiger partial charge in [0.15, 0.2) is 5.03 Å². The van der Waals surface area contributed by atoms with E-state index in [9.17, 15) is 15.2 Å². The summed E-state index contributed by atoms with van der Waals surface area (Å²) in [5.74, 6) is -0.00612. The Labute approximate surface area is 103 Å². The van der Waals surface area contributed by atoms with Crippen molar-refractivity contribution in [2.75, 3.05) is 5.73 Å². The summed E-state index contributed by atoms with van der Waals surface area (Å²) in [5.41, 5.74) is 5.53. The highest BCUT2D eigenvalue weighted by molar-refractivity contribution is 8.00. The van der Waals surface area contributed by atoms with Crippen LogP contribution in [-0.4, -0.2) is 31.4 Å². The Hall–Kier alpha value is -1.41. The van der Waals surface area contributed by atoms with Crippen molar-refractivity contribution in [2.45, 2.75) is 37.2 Å². The Morgan fingerprint density at radius 3 is 2.53 bits per heavy atom. The molecule has 0 aromatic carbocycles. The largest absolute Gasteiger partial charge is 0.392 e. The Kier molecular flexibility index (Phi) is 4.24. The predicted octanol–water partition coefficient (Wildman–Crippen LogP) is 1.14. The van der Waals surface area contributed by atoms with Gasteiger partial charge >= 0.3 is 5.69 Å². The molecular weight excluding hydrogens is 244 g/mol. The number of nitrogen functional groups attached to an aromatic ring is 1. The molecule has 0 saturated carbocycles. The molecule has 3 N–H and O–H groups in total. The average Bonchev–Trinajstić information content (AvgIpc) is 2.14. The lowest BCUT2D eigenvalue weighted by Gasteiger charge is -2.13. The fraction of sp³-hybridized carbons (Fsp3) is 0.556. The quantitative estimate of drug-likeness (QED) is 0.360. The van der Waals surface area contributed by atoms with Crippen molar-refractivity contribution in [3.05, 3.63) is 15.8 Å². The highest BCUT2D eigenvalue weighted by Gasteiger charge is 2.24. The number of nitrogens with two attached hydrogens (primary N) is 1. The van der Waals surface area contributed by atoms with E-state index in [4.69, 9.17) is 5.73 Å². The summed E-state index contributed by atoms with van der Waals surface area (Å²) in [6.07, 6.45) is -0.601. The third-order valence-corrected chi connectivity index (χ3v) is 3.48. The van der Waals surface area contributed by atoms with Gasteiger partial charge < -0.3 is 10.8 Å². The number of anilines is 1. The fourth-order valence-electron chi connectivity index (χ4n) is 1.13. The molecule has 0 fully saturated rings. The van der Waals surface area contributed by atoms with Crippen LogP contribution in [0.2, 0.25) is 0 Å². The lowest BCUT2D eigenvalue weighted by Crippen LogP contribution is -2.16. The number of hydrogen-bond donors (Lipinski definition) is 2. The van der Waals surface area contributed by atoms with Crippen LogP contribution in [0.4, 0.5) is 11.6 Å². The first-order chi connectivity index (χ1) is 7.82. The molecule has 1 heterocycles. The van der Waals surface area contributed by atoms with Gasteiger partial charge in [-0.05, 0) is 13.8 Å². The number of nitro groups is 1. The van der Waals surface area contributed by atoms with E-state index in [1.165, 1.54) is 6.92 Å². The standard InChI is InChI=1S/C9H14N4O3S/c1-4-7(13(15)16)8(12-9(10)11-4)17-6(3)5(2)14/h5-6,14H,1-3H3,(H2,10,11,12). The molecule has 2 atom stereocenters. The maximum atomic E-state index is 10.9. The lowest BCUT2D eigenvalue weighted by molar-refractivity contribution is -0.389. The molecule has 0 amide bonds. The molecule has 1 aromatic rings. The first-order valence-corrected chi connectivity index (χ1v) is 5.84. The zero-order chi connectivity index (χ0) is 13.2. The number of rotatable bonds is 4. The number of aliphatic hydroxyl groups is 1. The molecule has 0 bridgehead atoms. The molecule has 2 unspecified atom stereocenters. The second-order valence-corrected chi connectivity index (χ2v) is 5.01. The summed E-state index contributed by atoms with van der Waals surface area (Å²) in [6.45, 7) is 4.88. The predicted molar refractivity (Wildman–Crippen MR) is 64.8 cm³/mol. The highest BCUT2D eigenvalue weighted by atomic mass is 32.2. The van der Waals surface area contributed by atoms with Crippen LogP contribution in [0.3, 0.4) is 0 Å². The highest BCUT2D eigenvalue weighted by Crippen LogP contribution is 2.33. The van der Waals surface area contributed by atoms with Crippen LogP contribution in [0, 0.1) is 17.0 Å². The minimum absolute atomic E-state index is 0.00612. The monoisotopic (exact) mass is 258 g/mol. The van der Waals surface area contributed by atoms with Crippen LogP contribution in [0.25, 0.3) is 0 Å².